The van der Waals surface area contributed by atoms with Crippen molar-refractivity contribution in [2.45, 2.75) is 35.5 Å². The quantitative estimate of drug-likeness (QED) is 0.295. The minimum absolute atomic E-state index is 0.0380. The van der Waals surface area contributed by atoms with Gasteiger partial charge in [-0.05, 0) is 79.6 Å². The molecule has 4 amide bonds. The van der Waals surface area contributed by atoms with Crippen LogP contribution in [0.2, 0.25) is 0 Å². The SMILES string of the molecule is NS(=O)(=O)c1ccc(NC(=O)NC[C@@H]2CCC[C@@H](CNC(=O)Nc3ccc(S(N)(=O)=O)cc3)C2)cc1. The van der Waals surface area contributed by atoms with Crippen LogP contribution in [0.1, 0.15) is 25.7 Å². The molecule has 0 spiro atoms. The van der Waals surface area contributed by atoms with Crippen molar-refractivity contribution in [3.8, 4) is 0 Å². The fraction of sp³-hybridized carbons (Fsp3) is 0.364. The Labute approximate surface area is 210 Å². The lowest BCUT2D eigenvalue weighted by molar-refractivity contribution is 0.230. The van der Waals surface area contributed by atoms with Crippen molar-refractivity contribution in [3.05, 3.63) is 48.5 Å². The maximum Gasteiger partial charge on any atom is 0.319 e. The first-order valence-corrected chi connectivity index (χ1v) is 14.3. The van der Waals surface area contributed by atoms with E-state index in [0.29, 0.717) is 24.5 Å². The van der Waals surface area contributed by atoms with Crippen molar-refractivity contribution in [1.29, 1.82) is 0 Å². The van der Waals surface area contributed by atoms with Crippen LogP contribution in [0.25, 0.3) is 0 Å². The molecule has 196 valence electrons. The number of sulfonamides is 2. The van der Waals surface area contributed by atoms with Crippen molar-refractivity contribution in [1.82, 2.24) is 10.6 Å². The van der Waals surface area contributed by atoms with Crippen LogP contribution >= 0.6 is 0 Å². The molecule has 0 aromatic heterocycles. The summed E-state index contributed by atoms with van der Waals surface area (Å²) in [6.45, 7) is 0.945. The first-order chi connectivity index (χ1) is 16.9. The smallest absolute Gasteiger partial charge is 0.319 e. The maximum atomic E-state index is 12.2. The molecule has 1 fully saturated rings. The lowest BCUT2D eigenvalue weighted by atomic mass is 9.81. The van der Waals surface area contributed by atoms with Crippen LogP contribution in [0.5, 0.6) is 0 Å². The average molecular weight is 539 g/mol. The number of carbonyl (C=O) groups excluding carboxylic acids is 2. The molecule has 2 aromatic rings. The number of carbonyl (C=O) groups is 2. The lowest BCUT2D eigenvalue weighted by Crippen LogP contribution is -2.38. The molecule has 0 bridgehead atoms. The fourth-order valence-electron chi connectivity index (χ4n) is 4.05. The summed E-state index contributed by atoms with van der Waals surface area (Å²) in [7, 11) is -7.59. The minimum atomic E-state index is -3.79. The first kappa shape index (κ1) is 27.4. The summed E-state index contributed by atoms with van der Waals surface area (Å²) < 4.78 is 45.2. The van der Waals surface area contributed by atoms with Gasteiger partial charge in [0.05, 0.1) is 9.79 Å². The van der Waals surface area contributed by atoms with Crippen molar-refractivity contribution in [2.75, 3.05) is 23.7 Å². The number of hydrogen-bond acceptors (Lipinski definition) is 6. The van der Waals surface area contributed by atoms with Gasteiger partial charge in [0.2, 0.25) is 20.0 Å². The van der Waals surface area contributed by atoms with E-state index in [9.17, 15) is 26.4 Å². The highest BCUT2D eigenvalue weighted by molar-refractivity contribution is 7.89. The molecule has 0 radical (unpaired) electrons. The van der Waals surface area contributed by atoms with E-state index in [-0.39, 0.29) is 21.6 Å². The molecule has 12 nitrogen and oxygen atoms in total. The molecular formula is C22H30N6O6S2. The summed E-state index contributed by atoms with van der Waals surface area (Å²) >= 11 is 0. The van der Waals surface area contributed by atoms with Crippen LogP contribution in [0.15, 0.2) is 58.3 Å². The number of urea groups is 2. The van der Waals surface area contributed by atoms with Gasteiger partial charge >= 0.3 is 12.1 Å². The highest BCUT2D eigenvalue weighted by Crippen LogP contribution is 2.28. The Kier molecular flexibility index (Phi) is 8.89. The predicted molar refractivity (Wildman–Crippen MR) is 135 cm³/mol. The lowest BCUT2D eigenvalue weighted by Gasteiger charge is -2.29. The second-order valence-electron chi connectivity index (χ2n) is 8.71. The summed E-state index contributed by atoms with van der Waals surface area (Å²) in [6.07, 6.45) is 3.74. The molecule has 0 heterocycles. The van der Waals surface area contributed by atoms with E-state index in [1.807, 2.05) is 0 Å². The fourth-order valence-corrected chi connectivity index (χ4v) is 5.08. The van der Waals surface area contributed by atoms with Gasteiger partial charge in [0, 0.05) is 24.5 Å². The van der Waals surface area contributed by atoms with Gasteiger partial charge in [-0.15, -0.1) is 0 Å². The molecule has 8 N–H and O–H groups in total. The van der Waals surface area contributed by atoms with Crippen LogP contribution in [0.4, 0.5) is 21.0 Å². The molecule has 2 atom stereocenters. The Hall–Kier alpha value is -3.20. The van der Waals surface area contributed by atoms with Crippen molar-refractivity contribution >= 4 is 43.5 Å². The molecule has 1 aliphatic carbocycles. The third-order valence-corrected chi connectivity index (χ3v) is 7.73. The van der Waals surface area contributed by atoms with Gasteiger partial charge in [0.15, 0.2) is 0 Å². The molecule has 36 heavy (non-hydrogen) atoms. The number of rotatable bonds is 8. The Morgan fingerprint density at radius 2 is 1.06 bits per heavy atom. The summed E-state index contributed by atoms with van der Waals surface area (Å²) in [5, 5.41) is 21.1. The van der Waals surface area contributed by atoms with Crippen LogP contribution in [0.3, 0.4) is 0 Å². The van der Waals surface area contributed by atoms with Crippen LogP contribution in [-0.2, 0) is 20.0 Å². The van der Waals surface area contributed by atoms with Gasteiger partial charge in [-0.3, -0.25) is 0 Å². The highest BCUT2D eigenvalue weighted by atomic mass is 32.2. The number of benzene rings is 2. The Bertz CT molecular complexity index is 1180. The first-order valence-electron chi connectivity index (χ1n) is 11.3. The Morgan fingerprint density at radius 3 is 1.39 bits per heavy atom. The number of nitrogens with one attached hydrogen (secondary N) is 4. The molecule has 0 aliphatic heterocycles. The summed E-state index contributed by atoms with van der Waals surface area (Å²) in [4.78, 5) is 24.3. The molecule has 0 saturated heterocycles. The standard InChI is InChI=1S/C22H30N6O6S2/c23-35(31,32)19-8-4-17(5-9-19)27-21(29)25-13-15-2-1-3-16(12-15)14-26-22(30)28-18-6-10-20(11-7-18)36(24,33)34/h4-11,15-16H,1-3,12-14H2,(H2,23,31,32)(H2,24,33,34)(H2,25,27,29)(H2,26,28,30)/t15-,16-/m1/s1. The van der Waals surface area contributed by atoms with E-state index in [1.54, 1.807) is 0 Å². The zero-order valence-electron chi connectivity index (χ0n) is 19.4. The summed E-state index contributed by atoms with van der Waals surface area (Å²) in [5.41, 5.74) is 0.881. The Morgan fingerprint density at radius 1 is 0.694 bits per heavy atom. The number of nitrogens with two attached hydrogens (primary N) is 2. The van der Waals surface area contributed by atoms with Gasteiger partial charge in [0.1, 0.15) is 0 Å². The van der Waals surface area contributed by atoms with Gasteiger partial charge in [-0.25, -0.2) is 36.7 Å². The molecular weight excluding hydrogens is 508 g/mol. The van der Waals surface area contributed by atoms with E-state index >= 15 is 0 Å². The van der Waals surface area contributed by atoms with E-state index in [2.05, 4.69) is 21.3 Å². The summed E-state index contributed by atoms with van der Waals surface area (Å²) in [5.74, 6) is 0.518. The molecule has 2 aromatic carbocycles. The minimum Gasteiger partial charge on any atom is -0.338 e. The second-order valence-corrected chi connectivity index (χ2v) is 11.8. The third kappa shape index (κ3) is 8.48. The van der Waals surface area contributed by atoms with Gasteiger partial charge in [-0.1, -0.05) is 6.42 Å². The van der Waals surface area contributed by atoms with E-state index in [0.717, 1.165) is 25.7 Å². The summed E-state index contributed by atoms with van der Waals surface area (Å²) in [6, 6.07) is 10.3. The number of primary sulfonamides is 2. The maximum absolute atomic E-state index is 12.2. The predicted octanol–water partition coefficient (Wildman–Crippen LogP) is 1.73. The monoisotopic (exact) mass is 538 g/mol. The molecule has 0 unspecified atom stereocenters. The van der Waals surface area contributed by atoms with Crippen LogP contribution < -0.4 is 31.5 Å². The largest absolute Gasteiger partial charge is 0.338 e. The Balaban J connectivity index is 1.39. The van der Waals surface area contributed by atoms with Gasteiger partial charge in [-0.2, -0.15) is 0 Å². The highest BCUT2D eigenvalue weighted by Gasteiger charge is 2.23. The third-order valence-electron chi connectivity index (χ3n) is 5.88. The van der Waals surface area contributed by atoms with Crippen LogP contribution in [0, 0.1) is 11.8 Å². The molecule has 1 saturated carbocycles. The topological polar surface area (TPSA) is 203 Å². The molecule has 14 heteroatoms. The van der Waals surface area contributed by atoms with Crippen molar-refractivity contribution < 1.29 is 26.4 Å². The van der Waals surface area contributed by atoms with Crippen molar-refractivity contribution in [2.24, 2.45) is 22.1 Å². The van der Waals surface area contributed by atoms with E-state index in [1.165, 1.54) is 48.5 Å². The van der Waals surface area contributed by atoms with E-state index < -0.39 is 32.1 Å². The normalized spacial score (nSPS) is 18.2. The molecule has 3 rings (SSSR count). The number of anilines is 2. The van der Waals surface area contributed by atoms with E-state index in [4.69, 9.17) is 10.3 Å². The average Bonchev–Trinajstić information content (AvgIpc) is 2.81. The number of hydrogen-bond donors (Lipinski definition) is 6. The van der Waals surface area contributed by atoms with Gasteiger partial charge < -0.3 is 21.3 Å². The zero-order valence-corrected chi connectivity index (χ0v) is 21.1. The number of amides is 4. The molecule has 1 aliphatic rings. The van der Waals surface area contributed by atoms with Crippen LogP contribution in [-0.4, -0.2) is 42.0 Å². The van der Waals surface area contributed by atoms with Crippen molar-refractivity contribution in [3.63, 3.8) is 0 Å². The zero-order chi connectivity index (χ0) is 26.3. The van der Waals surface area contributed by atoms with Gasteiger partial charge in [0.25, 0.3) is 0 Å². The second kappa shape index (κ2) is 11.7.